The molecule has 8 heteroatoms. The molecule has 1 aliphatic rings. The summed E-state index contributed by atoms with van der Waals surface area (Å²) in [4.78, 5) is 17.9. The van der Waals surface area contributed by atoms with E-state index in [1.807, 2.05) is 14.0 Å². The van der Waals surface area contributed by atoms with Crippen LogP contribution in [0.15, 0.2) is 0 Å². The number of amides is 1. The number of rotatable bonds is 4. The quantitative estimate of drug-likeness (QED) is 0.763. The molecule has 0 spiro atoms. The monoisotopic (exact) mass is 370 g/mol. The van der Waals surface area contributed by atoms with Gasteiger partial charge in [0.2, 0.25) is 5.13 Å². The fourth-order valence-corrected chi connectivity index (χ4v) is 4.56. The minimum Gasteiger partial charge on any atom is -0.296 e. The molecular formula is C18H22N6OS. The number of carbonyl (C=O) groups is 1. The van der Waals surface area contributed by atoms with Crippen molar-refractivity contribution in [2.24, 2.45) is 13.0 Å². The first-order valence-electron chi connectivity index (χ1n) is 8.92. The van der Waals surface area contributed by atoms with E-state index in [9.17, 15) is 4.79 Å². The number of carbonyl (C=O) groups excluding carboxylic acids is 1. The second kappa shape index (κ2) is 6.42. The molecule has 0 radical (unpaired) electrons. The van der Waals surface area contributed by atoms with Gasteiger partial charge in [0.25, 0.3) is 5.91 Å². The van der Waals surface area contributed by atoms with Gasteiger partial charge in [-0.25, -0.2) is 4.98 Å². The maximum absolute atomic E-state index is 13.1. The lowest BCUT2D eigenvalue weighted by Gasteiger charge is -2.10. The van der Waals surface area contributed by atoms with Crippen LogP contribution in [0.1, 0.15) is 52.6 Å². The van der Waals surface area contributed by atoms with Crippen LogP contribution in [0.5, 0.6) is 0 Å². The maximum Gasteiger partial charge on any atom is 0.258 e. The highest BCUT2D eigenvalue weighted by molar-refractivity contribution is 7.15. The number of anilines is 1. The summed E-state index contributed by atoms with van der Waals surface area (Å²) in [5.41, 5.74) is 4.37. The van der Waals surface area contributed by atoms with Crippen LogP contribution in [0, 0.1) is 12.8 Å². The summed E-state index contributed by atoms with van der Waals surface area (Å²) in [5.74, 6) is 0.367. The van der Waals surface area contributed by atoms with Gasteiger partial charge < -0.3 is 0 Å². The fourth-order valence-electron chi connectivity index (χ4n) is 3.61. The third kappa shape index (κ3) is 2.88. The lowest BCUT2D eigenvalue weighted by molar-refractivity contribution is 0.102. The highest BCUT2D eigenvalue weighted by Gasteiger charge is 2.27. The van der Waals surface area contributed by atoms with Gasteiger partial charge in [-0.15, -0.1) is 10.2 Å². The van der Waals surface area contributed by atoms with Gasteiger partial charge in [-0.3, -0.25) is 14.8 Å². The Hall–Kier alpha value is -2.35. The summed E-state index contributed by atoms with van der Waals surface area (Å²) < 4.78 is 1.76. The summed E-state index contributed by atoms with van der Waals surface area (Å²) in [7, 11) is 1.87. The number of hydrogen-bond acceptors (Lipinski definition) is 6. The molecule has 0 saturated heterocycles. The Morgan fingerprint density at radius 1 is 1.31 bits per heavy atom. The van der Waals surface area contributed by atoms with Crippen LogP contribution < -0.4 is 5.32 Å². The Morgan fingerprint density at radius 2 is 2.12 bits per heavy atom. The van der Waals surface area contributed by atoms with E-state index in [1.165, 1.54) is 11.3 Å². The number of hydrogen-bond donors (Lipinski definition) is 1. The van der Waals surface area contributed by atoms with Gasteiger partial charge in [-0.1, -0.05) is 25.2 Å². The van der Waals surface area contributed by atoms with Crippen LogP contribution in [0.3, 0.4) is 0 Å². The number of pyridine rings is 1. The minimum absolute atomic E-state index is 0.140. The molecule has 3 aromatic heterocycles. The lowest BCUT2D eigenvalue weighted by Crippen LogP contribution is -2.16. The standard InChI is InChI=1S/C18H22N6OS/c1-9(2)8-13-21-22-18(26-13)20-17(25)15-11-6-5-7-12(11)19-16-14(15)10(3)23-24(16)4/h9H,5-8H2,1-4H3,(H,20,22,25). The number of nitrogens with zero attached hydrogens (tertiary/aromatic N) is 5. The smallest absolute Gasteiger partial charge is 0.258 e. The van der Waals surface area contributed by atoms with E-state index >= 15 is 0 Å². The van der Waals surface area contributed by atoms with Crippen LogP contribution in [-0.2, 0) is 26.3 Å². The van der Waals surface area contributed by atoms with Crippen molar-refractivity contribution in [3.63, 3.8) is 0 Å². The minimum atomic E-state index is -0.140. The third-order valence-corrected chi connectivity index (χ3v) is 5.53. The van der Waals surface area contributed by atoms with E-state index in [4.69, 9.17) is 4.98 Å². The first-order chi connectivity index (χ1) is 12.4. The van der Waals surface area contributed by atoms with E-state index in [2.05, 4.69) is 34.5 Å². The molecule has 0 bridgehead atoms. The van der Waals surface area contributed by atoms with Crippen molar-refractivity contribution in [2.45, 2.75) is 46.5 Å². The van der Waals surface area contributed by atoms with Crippen LogP contribution in [0.2, 0.25) is 0 Å². The van der Waals surface area contributed by atoms with Crippen LogP contribution >= 0.6 is 11.3 Å². The van der Waals surface area contributed by atoms with Crippen molar-refractivity contribution >= 4 is 33.4 Å². The Bertz CT molecular complexity index is 1000. The van der Waals surface area contributed by atoms with Gasteiger partial charge in [0.05, 0.1) is 16.6 Å². The first kappa shape index (κ1) is 17.1. The lowest BCUT2D eigenvalue weighted by atomic mass is 10.0. The zero-order valence-electron chi connectivity index (χ0n) is 15.5. The molecule has 26 heavy (non-hydrogen) atoms. The molecule has 0 fully saturated rings. The number of fused-ring (bicyclic) bond motifs is 2. The highest BCUT2D eigenvalue weighted by Crippen LogP contribution is 2.32. The van der Waals surface area contributed by atoms with Crippen LogP contribution in [-0.4, -0.2) is 30.9 Å². The van der Waals surface area contributed by atoms with Gasteiger partial charge in [0.15, 0.2) is 5.65 Å². The summed E-state index contributed by atoms with van der Waals surface area (Å²) in [6.07, 6.45) is 3.68. The van der Waals surface area contributed by atoms with E-state index in [0.29, 0.717) is 16.6 Å². The summed E-state index contributed by atoms with van der Waals surface area (Å²) in [5, 5.41) is 18.1. The normalized spacial score (nSPS) is 13.6. The zero-order valence-corrected chi connectivity index (χ0v) is 16.3. The summed E-state index contributed by atoms with van der Waals surface area (Å²) in [6.45, 7) is 6.21. The van der Waals surface area contributed by atoms with Crippen LogP contribution in [0.4, 0.5) is 5.13 Å². The van der Waals surface area contributed by atoms with Crippen molar-refractivity contribution in [3.05, 3.63) is 27.5 Å². The largest absolute Gasteiger partial charge is 0.296 e. The average Bonchev–Trinajstić information content (AvgIpc) is 3.26. The zero-order chi connectivity index (χ0) is 18.4. The van der Waals surface area contributed by atoms with Crippen molar-refractivity contribution in [2.75, 3.05) is 5.32 Å². The van der Waals surface area contributed by atoms with Gasteiger partial charge in [0, 0.05) is 19.2 Å². The molecule has 4 rings (SSSR count). The Balaban J connectivity index is 1.74. The van der Waals surface area contributed by atoms with Gasteiger partial charge in [-0.05, 0) is 37.7 Å². The summed E-state index contributed by atoms with van der Waals surface area (Å²) >= 11 is 1.44. The van der Waals surface area contributed by atoms with Gasteiger partial charge >= 0.3 is 0 Å². The Kier molecular flexibility index (Phi) is 4.22. The molecular weight excluding hydrogens is 348 g/mol. The number of aromatic nitrogens is 5. The summed E-state index contributed by atoms with van der Waals surface area (Å²) in [6, 6.07) is 0. The average molecular weight is 370 g/mol. The molecule has 3 heterocycles. The SMILES string of the molecule is Cc1nn(C)c2nc3c(c(C(=O)Nc4nnc(CC(C)C)s4)c12)CCC3. The van der Waals surface area contributed by atoms with E-state index in [0.717, 1.165) is 58.7 Å². The van der Waals surface area contributed by atoms with E-state index < -0.39 is 0 Å². The molecule has 1 aliphatic carbocycles. The number of aryl methyl sites for hydroxylation is 3. The second-order valence-electron chi connectivity index (χ2n) is 7.23. The molecule has 136 valence electrons. The van der Waals surface area contributed by atoms with Gasteiger partial charge in [0.1, 0.15) is 5.01 Å². The Labute approximate surface area is 155 Å². The molecule has 1 amide bonds. The fraction of sp³-hybridized carbons (Fsp3) is 0.500. The molecule has 7 nitrogen and oxygen atoms in total. The van der Waals surface area contributed by atoms with Crippen molar-refractivity contribution < 1.29 is 4.79 Å². The third-order valence-electron chi connectivity index (χ3n) is 4.67. The molecule has 0 saturated carbocycles. The second-order valence-corrected chi connectivity index (χ2v) is 8.29. The predicted molar refractivity (Wildman–Crippen MR) is 102 cm³/mol. The van der Waals surface area contributed by atoms with E-state index in [-0.39, 0.29) is 5.91 Å². The topological polar surface area (TPSA) is 85.6 Å². The molecule has 0 unspecified atom stereocenters. The van der Waals surface area contributed by atoms with Crippen LogP contribution in [0.25, 0.3) is 11.0 Å². The van der Waals surface area contributed by atoms with Crippen molar-refractivity contribution in [1.29, 1.82) is 0 Å². The molecule has 1 N–H and O–H groups in total. The Morgan fingerprint density at radius 3 is 2.88 bits per heavy atom. The van der Waals surface area contributed by atoms with Crippen molar-refractivity contribution in [1.82, 2.24) is 25.0 Å². The molecule has 0 atom stereocenters. The van der Waals surface area contributed by atoms with E-state index in [1.54, 1.807) is 4.68 Å². The molecule has 3 aromatic rings. The maximum atomic E-state index is 13.1. The van der Waals surface area contributed by atoms with Gasteiger partial charge in [-0.2, -0.15) is 5.10 Å². The first-order valence-corrected chi connectivity index (χ1v) is 9.74. The van der Waals surface area contributed by atoms with Crippen molar-refractivity contribution in [3.8, 4) is 0 Å². The molecule has 0 aliphatic heterocycles. The highest BCUT2D eigenvalue weighted by atomic mass is 32.1. The predicted octanol–water partition coefficient (Wildman–Crippen LogP) is 3.07. The number of nitrogens with one attached hydrogen (secondary N) is 1. The molecule has 0 aromatic carbocycles.